The van der Waals surface area contributed by atoms with E-state index < -0.39 is 6.03 Å². The van der Waals surface area contributed by atoms with Crippen molar-refractivity contribution in [1.29, 1.82) is 0 Å². The van der Waals surface area contributed by atoms with E-state index in [1.165, 1.54) is 17.6 Å². The SMILES string of the molecule is CC(C)CCCCCc1cc(NC(=O)Nc2ccccc2)c(O)c(-n2nc3ccccc3n2)c1. The number of para-hydroxylation sites is 1. The summed E-state index contributed by atoms with van der Waals surface area (Å²) >= 11 is 0. The fourth-order valence-corrected chi connectivity index (χ4v) is 3.90. The van der Waals surface area contributed by atoms with Gasteiger partial charge in [0.25, 0.3) is 0 Å². The van der Waals surface area contributed by atoms with Gasteiger partial charge >= 0.3 is 6.03 Å². The molecular weight excluding hydrogens is 426 g/mol. The second-order valence-electron chi connectivity index (χ2n) is 8.93. The molecule has 0 aliphatic carbocycles. The number of hydrogen-bond acceptors (Lipinski definition) is 4. The average Bonchev–Trinajstić information content (AvgIpc) is 3.25. The van der Waals surface area contributed by atoms with Gasteiger partial charge in [-0.2, -0.15) is 0 Å². The van der Waals surface area contributed by atoms with E-state index >= 15 is 0 Å². The van der Waals surface area contributed by atoms with Gasteiger partial charge in [0.1, 0.15) is 16.7 Å². The number of amides is 2. The third-order valence-corrected chi connectivity index (χ3v) is 5.68. The fraction of sp³-hybridized carbons (Fsp3) is 0.296. The molecular formula is C27H31N5O2. The van der Waals surface area contributed by atoms with Crippen LogP contribution in [-0.4, -0.2) is 26.1 Å². The highest BCUT2D eigenvalue weighted by atomic mass is 16.3. The molecule has 0 saturated carbocycles. The van der Waals surface area contributed by atoms with E-state index in [-0.39, 0.29) is 5.75 Å². The lowest BCUT2D eigenvalue weighted by Gasteiger charge is -2.14. The van der Waals surface area contributed by atoms with E-state index in [0.717, 1.165) is 35.9 Å². The predicted molar refractivity (Wildman–Crippen MR) is 137 cm³/mol. The number of rotatable bonds is 9. The molecule has 0 unspecified atom stereocenters. The molecule has 0 bridgehead atoms. The van der Waals surface area contributed by atoms with Crippen molar-refractivity contribution in [3.05, 3.63) is 72.3 Å². The van der Waals surface area contributed by atoms with Gasteiger partial charge < -0.3 is 15.7 Å². The number of phenolic OH excluding ortho intramolecular Hbond substituents is 1. The van der Waals surface area contributed by atoms with Crippen LogP contribution in [0.1, 0.15) is 45.1 Å². The van der Waals surface area contributed by atoms with E-state index in [2.05, 4.69) is 34.7 Å². The van der Waals surface area contributed by atoms with Crippen LogP contribution in [0.15, 0.2) is 66.7 Å². The summed E-state index contributed by atoms with van der Waals surface area (Å²) in [6.07, 6.45) is 5.41. The number of hydrogen-bond donors (Lipinski definition) is 3. The molecule has 0 fully saturated rings. The Morgan fingerprint density at radius 2 is 1.59 bits per heavy atom. The number of aromatic nitrogens is 3. The Kier molecular flexibility index (Phi) is 7.42. The number of aromatic hydroxyl groups is 1. The van der Waals surface area contributed by atoms with Crippen molar-refractivity contribution < 1.29 is 9.90 Å². The number of phenols is 1. The van der Waals surface area contributed by atoms with Gasteiger partial charge in [-0.1, -0.05) is 63.4 Å². The second-order valence-corrected chi connectivity index (χ2v) is 8.93. The third-order valence-electron chi connectivity index (χ3n) is 5.68. The van der Waals surface area contributed by atoms with Crippen LogP contribution in [0.5, 0.6) is 5.75 Å². The molecule has 2 amide bonds. The molecule has 4 rings (SSSR count). The summed E-state index contributed by atoms with van der Waals surface area (Å²) in [5.74, 6) is 0.631. The van der Waals surface area contributed by atoms with Gasteiger partial charge in [-0.05, 0) is 60.7 Å². The molecule has 7 nitrogen and oxygen atoms in total. The molecule has 34 heavy (non-hydrogen) atoms. The minimum Gasteiger partial charge on any atom is -0.504 e. The van der Waals surface area contributed by atoms with Crippen molar-refractivity contribution in [2.24, 2.45) is 5.92 Å². The molecule has 0 aliphatic heterocycles. The normalized spacial score (nSPS) is 11.1. The quantitative estimate of drug-likeness (QED) is 0.197. The minimum absolute atomic E-state index is 0.0768. The van der Waals surface area contributed by atoms with E-state index in [4.69, 9.17) is 0 Å². The van der Waals surface area contributed by atoms with Crippen LogP contribution in [0.4, 0.5) is 16.2 Å². The molecule has 4 aromatic rings. The number of carbonyl (C=O) groups excluding carboxylic acids is 1. The summed E-state index contributed by atoms with van der Waals surface area (Å²) in [5.41, 5.74) is 3.90. The summed E-state index contributed by atoms with van der Waals surface area (Å²) in [7, 11) is 0. The van der Waals surface area contributed by atoms with E-state index in [0.29, 0.717) is 23.0 Å². The van der Waals surface area contributed by atoms with Gasteiger partial charge in [0.15, 0.2) is 5.75 Å². The highest BCUT2D eigenvalue weighted by Crippen LogP contribution is 2.33. The lowest BCUT2D eigenvalue weighted by Crippen LogP contribution is -2.20. The molecule has 0 saturated heterocycles. The molecule has 3 aromatic carbocycles. The zero-order chi connectivity index (χ0) is 23.9. The second kappa shape index (κ2) is 10.8. The number of carbonyl (C=O) groups is 1. The Morgan fingerprint density at radius 1 is 0.912 bits per heavy atom. The lowest BCUT2D eigenvalue weighted by atomic mass is 10.0. The Bertz CT molecular complexity index is 1220. The number of nitrogens with zero attached hydrogens (tertiary/aromatic N) is 3. The van der Waals surface area contributed by atoms with Crippen LogP contribution in [-0.2, 0) is 6.42 Å². The van der Waals surface area contributed by atoms with Crippen molar-refractivity contribution in [3.8, 4) is 11.4 Å². The van der Waals surface area contributed by atoms with Crippen molar-refractivity contribution in [3.63, 3.8) is 0 Å². The van der Waals surface area contributed by atoms with Gasteiger partial charge in [-0.15, -0.1) is 15.0 Å². The minimum atomic E-state index is -0.430. The maximum Gasteiger partial charge on any atom is 0.323 e. The molecule has 0 radical (unpaired) electrons. The van der Waals surface area contributed by atoms with Crippen LogP contribution in [0.25, 0.3) is 16.7 Å². The highest BCUT2D eigenvalue weighted by Gasteiger charge is 2.16. The molecule has 1 aromatic heterocycles. The molecule has 1 heterocycles. The van der Waals surface area contributed by atoms with Crippen LogP contribution in [0, 0.1) is 5.92 Å². The van der Waals surface area contributed by atoms with Crippen molar-refractivity contribution in [2.75, 3.05) is 10.6 Å². The van der Waals surface area contributed by atoms with Crippen LogP contribution in [0.2, 0.25) is 0 Å². The first kappa shape index (κ1) is 23.3. The fourth-order valence-electron chi connectivity index (χ4n) is 3.90. The monoisotopic (exact) mass is 457 g/mol. The Morgan fingerprint density at radius 3 is 2.26 bits per heavy atom. The van der Waals surface area contributed by atoms with Crippen LogP contribution in [0.3, 0.4) is 0 Å². The largest absolute Gasteiger partial charge is 0.504 e. The standard InChI is InChI=1S/C27H31N5O2/c1-19(2)11-5-3-6-12-20-17-24(29-27(34)28-21-13-7-4-8-14-21)26(33)25(18-20)32-30-22-15-9-10-16-23(22)31-32/h4,7-10,13-19,33H,3,5-6,11-12H2,1-2H3,(H2,28,29,34). The van der Waals surface area contributed by atoms with E-state index in [1.807, 2.05) is 54.6 Å². The summed E-state index contributed by atoms with van der Waals surface area (Å²) in [6, 6.07) is 20.0. The smallest absolute Gasteiger partial charge is 0.323 e. The Labute approximate surface area is 199 Å². The first-order valence-electron chi connectivity index (χ1n) is 11.8. The number of anilines is 2. The zero-order valence-corrected chi connectivity index (χ0v) is 19.7. The lowest BCUT2D eigenvalue weighted by molar-refractivity contribution is 0.262. The van der Waals surface area contributed by atoms with Gasteiger partial charge in [-0.25, -0.2) is 4.79 Å². The van der Waals surface area contributed by atoms with Gasteiger partial charge in [0, 0.05) is 5.69 Å². The van der Waals surface area contributed by atoms with Crippen LogP contribution < -0.4 is 10.6 Å². The van der Waals surface area contributed by atoms with Gasteiger partial charge in [0.2, 0.25) is 0 Å². The first-order valence-corrected chi connectivity index (χ1v) is 11.8. The summed E-state index contributed by atoms with van der Waals surface area (Å²) in [5, 5.41) is 25.7. The number of benzene rings is 3. The maximum atomic E-state index is 12.6. The number of nitrogens with one attached hydrogen (secondary N) is 2. The highest BCUT2D eigenvalue weighted by molar-refractivity contribution is 6.01. The predicted octanol–water partition coefficient (Wildman–Crippen LogP) is 6.53. The molecule has 176 valence electrons. The number of fused-ring (bicyclic) bond motifs is 1. The summed E-state index contributed by atoms with van der Waals surface area (Å²) in [4.78, 5) is 14.1. The van der Waals surface area contributed by atoms with Crippen molar-refractivity contribution in [1.82, 2.24) is 15.0 Å². The Balaban J connectivity index is 1.59. The van der Waals surface area contributed by atoms with Crippen molar-refractivity contribution in [2.45, 2.75) is 46.0 Å². The first-order chi connectivity index (χ1) is 16.5. The topological polar surface area (TPSA) is 92.1 Å². The van der Waals surface area contributed by atoms with Crippen LogP contribution >= 0.6 is 0 Å². The third kappa shape index (κ3) is 5.92. The van der Waals surface area contributed by atoms with E-state index in [1.54, 1.807) is 12.1 Å². The van der Waals surface area contributed by atoms with Gasteiger partial charge in [0.05, 0.1) is 5.69 Å². The molecule has 3 N–H and O–H groups in total. The average molecular weight is 458 g/mol. The summed E-state index contributed by atoms with van der Waals surface area (Å²) < 4.78 is 0. The molecule has 0 atom stereocenters. The number of urea groups is 1. The van der Waals surface area contributed by atoms with E-state index in [9.17, 15) is 9.90 Å². The van der Waals surface area contributed by atoms with Gasteiger partial charge in [-0.3, -0.25) is 0 Å². The molecule has 0 aliphatic rings. The number of unbranched alkanes of at least 4 members (excludes halogenated alkanes) is 2. The van der Waals surface area contributed by atoms with Crippen molar-refractivity contribution >= 4 is 28.4 Å². The zero-order valence-electron chi connectivity index (χ0n) is 19.7. The molecule has 7 heteroatoms. The number of aryl methyl sites for hydroxylation is 1. The molecule has 0 spiro atoms. The maximum absolute atomic E-state index is 12.6. The Hall–Kier alpha value is -3.87. The summed E-state index contributed by atoms with van der Waals surface area (Å²) in [6.45, 7) is 4.48.